The number of para-hydroxylation sites is 1. The summed E-state index contributed by atoms with van der Waals surface area (Å²) in [6.07, 6.45) is 0. The average Bonchev–Trinajstić information content (AvgIpc) is 2.71. The molecule has 0 spiro atoms. The summed E-state index contributed by atoms with van der Waals surface area (Å²) in [5.74, 6) is -1.08. The van der Waals surface area contributed by atoms with Crippen molar-refractivity contribution in [1.82, 2.24) is 4.90 Å². The number of nitro groups is 1. The highest BCUT2D eigenvalue weighted by Crippen LogP contribution is 2.29. The smallest absolute Gasteiger partial charge is 0.325 e. The van der Waals surface area contributed by atoms with Crippen molar-refractivity contribution in [2.75, 3.05) is 38.7 Å². The van der Waals surface area contributed by atoms with Crippen molar-refractivity contribution in [3.05, 3.63) is 64.2 Å². The van der Waals surface area contributed by atoms with Crippen LogP contribution in [0.4, 0.5) is 17.1 Å². The van der Waals surface area contributed by atoms with Crippen molar-refractivity contribution in [3.8, 4) is 0 Å². The number of nitrogens with zero attached hydrogens (tertiary/aromatic N) is 2. The van der Waals surface area contributed by atoms with Gasteiger partial charge in [0.1, 0.15) is 12.2 Å². The predicted octanol–water partition coefficient (Wildman–Crippen LogP) is 2.99. The van der Waals surface area contributed by atoms with Gasteiger partial charge in [-0.1, -0.05) is 18.2 Å². The van der Waals surface area contributed by atoms with E-state index in [1.165, 1.54) is 30.2 Å². The normalized spacial score (nSPS) is 10.3. The zero-order valence-corrected chi connectivity index (χ0v) is 16.3. The molecular formula is C20H23N3O6. The van der Waals surface area contributed by atoms with Gasteiger partial charge in [-0.2, -0.15) is 0 Å². The van der Waals surface area contributed by atoms with E-state index in [2.05, 4.69) is 5.32 Å². The number of amides is 1. The fraction of sp³-hybridized carbons (Fsp3) is 0.300. The first-order valence-corrected chi connectivity index (χ1v) is 9.00. The van der Waals surface area contributed by atoms with Crippen molar-refractivity contribution in [3.63, 3.8) is 0 Å². The molecule has 0 aliphatic rings. The molecule has 0 aliphatic heterocycles. The van der Waals surface area contributed by atoms with E-state index >= 15 is 0 Å². The maximum Gasteiger partial charge on any atom is 0.325 e. The molecule has 29 heavy (non-hydrogen) atoms. The van der Waals surface area contributed by atoms with E-state index in [1.807, 2.05) is 6.07 Å². The number of anilines is 2. The number of carbonyl (C=O) groups is 2. The third-order valence-corrected chi connectivity index (χ3v) is 3.97. The molecule has 2 rings (SSSR count). The summed E-state index contributed by atoms with van der Waals surface area (Å²) in [7, 11) is 1.47. The third-order valence-electron chi connectivity index (χ3n) is 3.97. The van der Waals surface area contributed by atoms with Crippen molar-refractivity contribution in [2.45, 2.75) is 6.92 Å². The minimum absolute atomic E-state index is 0.0933. The fourth-order valence-corrected chi connectivity index (χ4v) is 2.60. The molecular weight excluding hydrogens is 378 g/mol. The highest BCUT2D eigenvalue weighted by Gasteiger charge is 2.23. The molecule has 2 aromatic carbocycles. The molecule has 154 valence electrons. The number of hydrogen-bond donors (Lipinski definition) is 1. The Hall–Kier alpha value is -3.46. The molecule has 0 unspecified atom stereocenters. The van der Waals surface area contributed by atoms with Gasteiger partial charge in [0.25, 0.3) is 11.6 Å². The number of ether oxygens (including phenoxy) is 2. The van der Waals surface area contributed by atoms with Crippen molar-refractivity contribution in [1.29, 1.82) is 0 Å². The van der Waals surface area contributed by atoms with Crippen molar-refractivity contribution >= 4 is 28.9 Å². The van der Waals surface area contributed by atoms with Crippen molar-refractivity contribution < 1.29 is 24.0 Å². The number of hydrogen-bond acceptors (Lipinski definition) is 7. The average molecular weight is 401 g/mol. The van der Waals surface area contributed by atoms with Crippen LogP contribution in [0.2, 0.25) is 0 Å². The highest BCUT2D eigenvalue weighted by molar-refractivity contribution is 5.97. The summed E-state index contributed by atoms with van der Waals surface area (Å²) in [4.78, 5) is 36.9. The van der Waals surface area contributed by atoms with Crippen LogP contribution in [0.3, 0.4) is 0 Å². The van der Waals surface area contributed by atoms with E-state index in [4.69, 9.17) is 9.47 Å². The predicted molar refractivity (Wildman–Crippen MR) is 107 cm³/mol. The topological polar surface area (TPSA) is 111 Å². The van der Waals surface area contributed by atoms with E-state index < -0.39 is 16.8 Å². The number of methoxy groups -OCH3 is 1. The summed E-state index contributed by atoms with van der Waals surface area (Å²) in [5.41, 5.74) is 0.781. The zero-order chi connectivity index (χ0) is 21.2. The van der Waals surface area contributed by atoms with Crippen LogP contribution in [0.5, 0.6) is 0 Å². The van der Waals surface area contributed by atoms with Gasteiger partial charge in [0.2, 0.25) is 0 Å². The van der Waals surface area contributed by atoms with Gasteiger partial charge >= 0.3 is 5.97 Å². The van der Waals surface area contributed by atoms with E-state index in [-0.39, 0.29) is 43.2 Å². The summed E-state index contributed by atoms with van der Waals surface area (Å²) >= 11 is 0. The monoisotopic (exact) mass is 401 g/mol. The van der Waals surface area contributed by atoms with E-state index in [9.17, 15) is 19.7 Å². The van der Waals surface area contributed by atoms with Gasteiger partial charge < -0.3 is 19.7 Å². The Morgan fingerprint density at radius 3 is 2.52 bits per heavy atom. The van der Waals surface area contributed by atoms with Crippen LogP contribution in [-0.2, 0) is 14.3 Å². The Labute approximate surface area is 168 Å². The Kier molecular flexibility index (Phi) is 8.11. The molecule has 1 amide bonds. The lowest BCUT2D eigenvalue weighted by Crippen LogP contribution is -2.38. The SMILES string of the molecule is CCOC(=O)CN(CCOC)C(=O)c1ccc(Nc2ccccc2)c([N+](=O)[O-])c1. The number of carbonyl (C=O) groups excluding carboxylic acids is 2. The minimum Gasteiger partial charge on any atom is -0.465 e. The second-order valence-electron chi connectivity index (χ2n) is 6.00. The van der Waals surface area contributed by atoms with Crippen LogP contribution in [0.1, 0.15) is 17.3 Å². The maximum absolute atomic E-state index is 12.9. The molecule has 0 aliphatic carbocycles. The minimum atomic E-state index is -0.563. The molecule has 0 radical (unpaired) electrons. The van der Waals surface area contributed by atoms with Gasteiger partial charge in [0.05, 0.1) is 18.1 Å². The number of nitrogens with one attached hydrogen (secondary N) is 1. The lowest BCUT2D eigenvalue weighted by Gasteiger charge is -2.21. The molecule has 2 aromatic rings. The van der Waals surface area contributed by atoms with Gasteiger partial charge in [-0.3, -0.25) is 19.7 Å². The zero-order valence-electron chi connectivity index (χ0n) is 16.3. The Balaban J connectivity index is 2.28. The van der Waals surface area contributed by atoms with Crippen LogP contribution < -0.4 is 5.32 Å². The molecule has 0 heterocycles. The number of nitro benzene ring substituents is 1. The summed E-state index contributed by atoms with van der Waals surface area (Å²) < 4.78 is 9.88. The number of esters is 1. The molecule has 0 aromatic heterocycles. The second kappa shape index (κ2) is 10.8. The lowest BCUT2D eigenvalue weighted by molar-refractivity contribution is -0.383. The van der Waals surface area contributed by atoms with E-state index in [0.29, 0.717) is 5.69 Å². The molecule has 0 saturated carbocycles. The molecule has 9 heteroatoms. The number of benzene rings is 2. The molecule has 9 nitrogen and oxygen atoms in total. The summed E-state index contributed by atoms with van der Waals surface area (Å²) in [5, 5.41) is 14.5. The van der Waals surface area contributed by atoms with E-state index in [0.717, 1.165) is 0 Å². The molecule has 0 atom stereocenters. The van der Waals surface area contributed by atoms with Gasteiger partial charge in [-0.05, 0) is 31.2 Å². The summed E-state index contributed by atoms with van der Waals surface area (Å²) in [6.45, 7) is 1.94. The highest BCUT2D eigenvalue weighted by atomic mass is 16.6. The maximum atomic E-state index is 12.9. The fourth-order valence-electron chi connectivity index (χ4n) is 2.60. The van der Waals surface area contributed by atoms with Gasteiger partial charge in [0, 0.05) is 31.0 Å². The van der Waals surface area contributed by atoms with Crippen LogP contribution in [0.15, 0.2) is 48.5 Å². The summed E-state index contributed by atoms with van der Waals surface area (Å²) in [6, 6.07) is 13.1. The van der Waals surface area contributed by atoms with Gasteiger partial charge in [-0.25, -0.2) is 0 Å². The Bertz CT molecular complexity index is 857. The Morgan fingerprint density at radius 2 is 1.90 bits per heavy atom. The standard InChI is InChI=1S/C20H23N3O6/c1-3-29-19(24)14-22(11-12-28-2)20(25)15-9-10-17(18(13-15)23(26)27)21-16-7-5-4-6-8-16/h4-10,13,21H,3,11-12,14H2,1-2H3. The van der Waals surface area contributed by atoms with E-state index in [1.54, 1.807) is 31.2 Å². The van der Waals surface area contributed by atoms with Crippen LogP contribution >= 0.6 is 0 Å². The molecule has 0 saturated heterocycles. The van der Waals surface area contributed by atoms with Crippen LogP contribution in [0.25, 0.3) is 0 Å². The largest absolute Gasteiger partial charge is 0.465 e. The van der Waals surface area contributed by atoms with Gasteiger partial charge in [0.15, 0.2) is 0 Å². The second-order valence-corrected chi connectivity index (χ2v) is 6.00. The quantitative estimate of drug-likeness (QED) is 0.370. The third kappa shape index (κ3) is 6.28. The molecule has 0 fully saturated rings. The number of rotatable bonds is 10. The first-order valence-electron chi connectivity index (χ1n) is 9.00. The van der Waals surface area contributed by atoms with Crippen LogP contribution in [-0.4, -0.2) is 55.1 Å². The van der Waals surface area contributed by atoms with Gasteiger partial charge in [-0.15, -0.1) is 0 Å². The first kappa shape index (κ1) is 21.8. The van der Waals surface area contributed by atoms with Crippen molar-refractivity contribution in [2.24, 2.45) is 0 Å². The molecule has 1 N–H and O–H groups in total. The van der Waals surface area contributed by atoms with Crippen LogP contribution in [0, 0.1) is 10.1 Å². The molecule has 0 bridgehead atoms. The first-order chi connectivity index (χ1) is 14.0. The Morgan fingerprint density at radius 1 is 1.17 bits per heavy atom. The lowest BCUT2D eigenvalue weighted by atomic mass is 10.1.